The standard InChI is InChI=1S/C28H23N3O2S3/c1-3-19-11-15-21(16-12-19)30-25-24(36-28(30)34)26(33)31(22-13-9-18(2)10-14-22)27(29-25)35-17-23(32)20-7-5-4-6-8-20/h4-16H,3,17H2,1-2H3. The Kier molecular flexibility index (Phi) is 7.00. The number of thiazole rings is 1. The predicted molar refractivity (Wildman–Crippen MR) is 151 cm³/mol. The van der Waals surface area contributed by atoms with Crippen LogP contribution in [0.1, 0.15) is 28.4 Å². The highest BCUT2D eigenvalue weighted by atomic mass is 32.2. The van der Waals surface area contributed by atoms with Crippen LogP contribution in [0.3, 0.4) is 0 Å². The third-order valence-corrected chi connectivity index (χ3v) is 8.19. The summed E-state index contributed by atoms with van der Waals surface area (Å²) in [6, 6.07) is 25.0. The summed E-state index contributed by atoms with van der Waals surface area (Å²) in [6.45, 7) is 4.10. The van der Waals surface area contributed by atoms with Crippen molar-refractivity contribution in [1.29, 1.82) is 0 Å². The first-order valence-corrected chi connectivity index (χ1v) is 13.7. The molecule has 2 aromatic heterocycles. The van der Waals surface area contributed by atoms with E-state index in [4.69, 9.17) is 17.2 Å². The highest BCUT2D eigenvalue weighted by molar-refractivity contribution is 7.99. The van der Waals surface area contributed by atoms with E-state index in [0.29, 0.717) is 30.7 Å². The summed E-state index contributed by atoms with van der Waals surface area (Å²) in [6.07, 6.45) is 0.936. The summed E-state index contributed by atoms with van der Waals surface area (Å²) in [5.74, 6) is 0.131. The van der Waals surface area contributed by atoms with Crippen molar-refractivity contribution < 1.29 is 4.79 Å². The Hall–Kier alpha value is -3.33. The number of benzene rings is 3. The lowest BCUT2D eigenvalue weighted by atomic mass is 10.1. The third-order valence-electron chi connectivity index (χ3n) is 5.90. The molecule has 0 amide bonds. The fourth-order valence-corrected chi connectivity index (χ4v) is 6.10. The van der Waals surface area contributed by atoms with Crippen LogP contribution in [0.4, 0.5) is 0 Å². The average Bonchev–Trinajstić information content (AvgIpc) is 3.24. The molecule has 3 aromatic carbocycles. The molecule has 0 saturated heterocycles. The van der Waals surface area contributed by atoms with Crippen molar-refractivity contribution in [3.05, 3.63) is 110 Å². The Morgan fingerprint density at radius 3 is 2.25 bits per heavy atom. The SMILES string of the molecule is CCc1ccc(-n2c(=S)sc3c(=O)n(-c4ccc(C)cc4)c(SCC(=O)c4ccccc4)nc32)cc1. The van der Waals surface area contributed by atoms with Gasteiger partial charge in [-0.3, -0.25) is 18.7 Å². The molecule has 0 radical (unpaired) electrons. The van der Waals surface area contributed by atoms with Crippen LogP contribution in [-0.4, -0.2) is 25.7 Å². The van der Waals surface area contributed by atoms with E-state index in [0.717, 1.165) is 17.7 Å². The molecular weight excluding hydrogens is 507 g/mol. The number of carbonyl (C=O) groups is 1. The van der Waals surface area contributed by atoms with Gasteiger partial charge in [-0.05, 0) is 55.4 Å². The van der Waals surface area contributed by atoms with Crippen molar-refractivity contribution in [2.45, 2.75) is 25.4 Å². The van der Waals surface area contributed by atoms with Crippen molar-refractivity contribution in [3.63, 3.8) is 0 Å². The Bertz CT molecular complexity index is 1670. The topological polar surface area (TPSA) is 56.9 Å². The molecule has 0 atom stereocenters. The first-order valence-electron chi connectivity index (χ1n) is 11.5. The average molecular weight is 530 g/mol. The number of carbonyl (C=O) groups excluding carboxylic acids is 1. The molecule has 0 aliphatic rings. The predicted octanol–water partition coefficient (Wildman–Crippen LogP) is 6.81. The van der Waals surface area contributed by atoms with Gasteiger partial charge in [-0.15, -0.1) is 0 Å². The normalized spacial score (nSPS) is 11.2. The van der Waals surface area contributed by atoms with Crippen molar-refractivity contribution in [1.82, 2.24) is 14.1 Å². The second kappa shape index (κ2) is 10.3. The number of thioether (sulfide) groups is 1. The Balaban J connectivity index is 1.66. The molecule has 0 aliphatic heterocycles. The number of nitrogens with zero attached hydrogens (tertiary/aromatic N) is 3. The van der Waals surface area contributed by atoms with Gasteiger partial charge in [0, 0.05) is 11.3 Å². The van der Waals surface area contributed by atoms with E-state index in [-0.39, 0.29) is 17.1 Å². The molecule has 5 aromatic rings. The molecule has 0 spiro atoms. The number of hydrogen-bond acceptors (Lipinski definition) is 6. The van der Waals surface area contributed by atoms with Gasteiger partial charge in [-0.1, -0.05) is 90.2 Å². The van der Waals surface area contributed by atoms with Crippen molar-refractivity contribution in [2.24, 2.45) is 0 Å². The maximum atomic E-state index is 13.8. The zero-order valence-corrected chi connectivity index (χ0v) is 22.3. The molecule has 0 bridgehead atoms. The molecule has 180 valence electrons. The Labute approximate surface area is 222 Å². The highest BCUT2D eigenvalue weighted by Crippen LogP contribution is 2.28. The summed E-state index contributed by atoms with van der Waals surface area (Å²) in [4.78, 5) is 31.6. The van der Waals surface area contributed by atoms with E-state index >= 15 is 0 Å². The van der Waals surface area contributed by atoms with E-state index in [2.05, 4.69) is 19.1 Å². The maximum absolute atomic E-state index is 13.8. The van der Waals surface area contributed by atoms with Gasteiger partial charge in [0.2, 0.25) is 0 Å². The summed E-state index contributed by atoms with van der Waals surface area (Å²) in [5, 5.41) is 0.451. The number of fused-ring (bicyclic) bond motifs is 1. The molecular formula is C28H23N3O2S3. The van der Waals surface area contributed by atoms with Crippen LogP contribution >= 0.6 is 35.3 Å². The summed E-state index contributed by atoms with van der Waals surface area (Å²) < 4.78 is 4.47. The molecule has 36 heavy (non-hydrogen) atoms. The molecule has 0 saturated carbocycles. The van der Waals surface area contributed by atoms with Crippen LogP contribution in [0.15, 0.2) is 88.8 Å². The molecule has 0 N–H and O–H groups in total. The van der Waals surface area contributed by atoms with Crippen LogP contribution in [0.5, 0.6) is 0 Å². The van der Waals surface area contributed by atoms with E-state index < -0.39 is 0 Å². The maximum Gasteiger partial charge on any atom is 0.278 e. The Morgan fingerprint density at radius 2 is 1.58 bits per heavy atom. The first kappa shape index (κ1) is 24.4. The second-order valence-electron chi connectivity index (χ2n) is 8.32. The Morgan fingerprint density at radius 1 is 0.944 bits per heavy atom. The molecule has 0 unspecified atom stereocenters. The summed E-state index contributed by atoms with van der Waals surface area (Å²) >= 11 is 8.19. The van der Waals surface area contributed by atoms with Crippen LogP contribution in [-0.2, 0) is 6.42 Å². The lowest BCUT2D eigenvalue weighted by Gasteiger charge is -2.13. The fraction of sp³-hybridized carbons (Fsp3) is 0.143. The second-order valence-corrected chi connectivity index (χ2v) is 10.9. The molecule has 5 rings (SSSR count). The van der Waals surface area contributed by atoms with E-state index in [9.17, 15) is 9.59 Å². The fourth-order valence-electron chi connectivity index (χ4n) is 3.90. The minimum atomic E-state index is -0.196. The van der Waals surface area contributed by atoms with Gasteiger partial charge in [-0.2, -0.15) is 0 Å². The zero-order valence-electron chi connectivity index (χ0n) is 19.8. The van der Waals surface area contributed by atoms with Gasteiger partial charge < -0.3 is 0 Å². The van der Waals surface area contributed by atoms with Gasteiger partial charge in [0.25, 0.3) is 5.56 Å². The monoisotopic (exact) mass is 529 g/mol. The molecule has 2 heterocycles. The van der Waals surface area contributed by atoms with Crippen LogP contribution < -0.4 is 5.56 Å². The lowest BCUT2D eigenvalue weighted by molar-refractivity contribution is 0.102. The number of aromatic nitrogens is 3. The van der Waals surface area contributed by atoms with Crippen molar-refractivity contribution in [3.8, 4) is 11.4 Å². The van der Waals surface area contributed by atoms with Gasteiger partial charge in [0.1, 0.15) is 4.70 Å². The molecule has 8 heteroatoms. The summed E-state index contributed by atoms with van der Waals surface area (Å²) in [7, 11) is 0. The highest BCUT2D eigenvalue weighted by Gasteiger charge is 2.20. The van der Waals surface area contributed by atoms with E-state index in [1.54, 1.807) is 16.7 Å². The van der Waals surface area contributed by atoms with Crippen molar-refractivity contribution >= 4 is 51.4 Å². The third kappa shape index (κ3) is 4.72. The molecule has 5 nitrogen and oxygen atoms in total. The number of Topliss-reactive ketones (excluding diaryl/α,β-unsaturated/α-hetero) is 1. The van der Waals surface area contributed by atoms with Crippen molar-refractivity contribution in [2.75, 3.05) is 5.75 Å². The summed E-state index contributed by atoms with van der Waals surface area (Å²) in [5.41, 5.74) is 4.81. The number of aryl methyl sites for hydroxylation is 2. The van der Waals surface area contributed by atoms with Crippen LogP contribution in [0, 0.1) is 10.9 Å². The minimum Gasteiger partial charge on any atom is -0.293 e. The largest absolute Gasteiger partial charge is 0.293 e. The quantitative estimate of drug-likeness (QED) is 0.100. The zero-order chi connectivity index (χ0) is 25.2. The smallest absolute Gasteiger partial charge is 0.278 e. The number of ketones is 1. The van der Waals surface area contributed by atoms with Gasteiger partial charge in [0.15, 0.2) is 20.5 Å². The van der Waals surface area contributed by atoms with Crippen LogP contribution in [0.2, 0.25) is 0 Å². The van der Waals surface area contributed by atoms with Gasteiger partial charge in [0.05, 0.1) is 11.4 Å². The van der Waals surface area contributed by atoms with Gasteiger partial charge >= 0.3 is 0 Å². The molecule has 0 aliphatic carbocycles. The first-order chi connectivity index (χ1) is 17.5. The number of rotatable bonds is 7. The lowest BCUT2D eigenvalue weighted by Crippen LogP contribution is -2.22. The molecule has 0 fully saturated rings. The minimum absolute atomic E-state index is 0.0253. The van der Waals surface area contributed by atoms with E-state index in [1.165, 1.54) is 28.7 Å². The number of hydrogen-bond donors (Lipinski definition) is 0. The van der Waals surface area contributed by atoms with E-state index in [1.807, 2.05) is 66.1 Å². The van der Waals surface area contributed by atoms with Gasteiger partial charge in [-0.25, -0.2) is 4.98 Å². The van der Waals surface area contributed by atoms with Crippen LogP contribution in [0.25, 0.3) is 21.7 Å².